The Morgan fingerprint density at radius 2 is 1.39 bits per heavy atom. The molecule has 3 aromatic carbocycles. The van der Waals surface area contributed by atoms with Gasteiger partial charge in [-0.2, -0.15) is 0 Å². The summed E-state index contributed by atoms with van der Waals surface area (Å²) in [5.74, 6) is -0.496. The zero-order valence-electron chi connectivity index (χ0n) is 17.2. The number of hydrogen-bond donors (Lipinski definition) is 2. The first-order valence-electron chi connectivity index (χ1n) is 10.6. The van der Waals surface area contributed by atoms with E-state index in [1.54, 1.807) is 17.6 Å². The maximum atomic E-state index is 13.4. The van der Waals surface area contributed by atoms with Crippen molar-refractivity contribution in [2.75, 3.05) is 0 Å². The zero-order valence-corrected chi connectivity index (χ0v) is 17.2. The number of hydrogen-bond acceptors (Lipinski definition) is 4. The highest BCUT2D eigenvalue weighted by Gasteiger charge is 2.43. The summed E-state index contributed by atoms with van der Waals surface area (Å²) in [6.07, 6.45) is 4.57. The second kappa shape index (κ2) is 9.14. The summed E-state index contributed by atoms with van der Waals surface area (Å²) in [5, 5.41) is 8.74. The molecule has 0 spiro atoms. The molecule has 0 unspecified atom stereocenters. The van der Waals surface area contributed by atoms with Gasteiger partial charge in [0.1, 0.15) is 5.75 Å². The highest BCUT2D eigenvalue weighted by atomic mass is 16.5. The van der Waals surface area contributed by atoms with E-state index in [1.807, 2.05) is 30.3 Å². The second-order valence-electron chi connectivity index (χ2n) is 7.94. The Morgan fingerprint density at radius 1 is 0.774 bits per heavy atom. The number of rotatable bonds is 5. The summed E-state index contributed by atoms with van der Waals surface area (Å²) in [7, 11) is 0. The predicted octanol–water partition coefficient (Wildman–Crippen LogP) is 5.28. The van der Waals surface area contributed by atoms with Crippen molar-refractivity contribution < 1.29 is 19.5 Å². The van der Waals surface area contributed by atoms with Gasteiger partial charge in [-0.15, -0.1) is 0 Å². The number of ether oxygens (including phenoxy) is 1. The molecule has 1 aliphatic carbocycles. The molecule has 3 aromatic rings. The van der Waals surface area contributed by atoms with E-state index < -0.39 is 11.3 Å². The summed E-state index contributed by atoms with van der Waals surface area (Å²) in [6, 6.07) is 24.5. The fraction of sp³-hybridized carbons (Fsp3) is 0.231. The number of benzene rings is 3. The maximum Gasteiger partial charge on any atom is 0.321 e. The number of carbonyl (C=O) groups excluding carboxylic acids is 2. The van der Waals surface area contributed by atoms with Crippen LogP contribution in [0.25, 0.3) is 11.1 Å². The van der Waals surface area contributed by atoms with E-state index >= 15 is 0 Å². The molecule has 4 rings (SSSR count). The van der Waals surface area contributed by atoms with Gasteiger partial charge >= 0.3 is 5.97 Å². The third-order valence-electron chi connectivity index (χ3n) is 6.07. The largest absolute Gasteiger partial charge is 0.426 e. The summed E-state index contributed by atoms with van der Waals surface area (Å²) in [5.41, 5.74) is 4.43. The van der Waals surface area contributed by atoms with Gasteiger partial charge in [0.05, 0.1) is 5.41 Å². The fourth-order valence-corrected chi connectivity index (χ4v) is 4.32. The van der Waals surface area contributed by atoms with Crippen molar-refractivity contribution in [1.29, 1.82) is 0 Å². The van der Waals surface area contributed by atoms with Gasteiger partial charge in [-0.3, -0.25) is 14.8 Å². The van der Waals surface area contributed by atoms with Crippen LogP contribution in [0.5, 0.6) is 5.75 Å². The first-order chi connectivity index (χ1) is 15.1. The van der Waals surface area contributed by atoms with Crippen molar-refractivity contribution in [3.8, 4) is 16.9 Å². The molecule has 1 aliphatic rings. The molecule has 5 heteroatoms. The molecule has 0 radical (unpaired) electrons. The zero-order chi connectivity index (χ0) is 21.7. The third-order valence-corrected chi connectivity index (χ3v) is 6.07. The number of hydroxylamine groups is 1. The van der Waals surface area contributed by atoms with Crippen molar-refractivity contribution in [3.63, 3.8) is 0 Å². The standard InChI is InChI=1S/C26H25NO4/c28-24(27-30)21-11-15-23(16-12-21)31-25(29)26(17-5-2-6-18-26)22-13-9-20(10-14-22)19-7-3-1-4-8-19/h1,3-4,7-16,30H,2,5-6,17-18H2,(H,27,28). The van der Waals surface area contributed by atoms with Crippen LogP contribution >= 0.6 is 0 Å². The minimum Gasteiger partial charge on any atom is -0.426 e. The van der Waals surface area contributed by atoms with Crippen molar-refractivity contribution in [2.24, 2.45) is 0 Å². The van der Waals surface area contributed by atoms with Gasteiger partial charge in [0.25, 0.3) is 5.91 Å². The van der Waals surface area contributed by atoms with Crippen molar-refractivity contribution in [1.82, 2.24) is 5.48 Å². The molecule has 2 N–H and O–H groups in total. The van der Waals surface area contributed by atoms with Crippen LogP contribution in [0.15, 0.2) is 78.9 Å². The summed E-state index contributed by atoms with van der Waals surface area (Å²) >= 11 is 0. The van der Waals surface area contributed by atoms with Crippen LogP contribution in [0.4, 0.5) is 0 Å². The Kier molecular flexibility index (Phi) is 6.14. The van der Waals surface area contributed by atoms with E-state index in [-0.39, 0.29) is 11.5 Å². The van der Waals surface area contributed by atoms with Crippen LogP contribution in [-0.2, 0) is 10.2 Å². The van der Waals surface area contributed by atoms with Crippen molar-refractivity contribution >= 4 is 11.9 Å². The molecule has 5 nitrogen and oxygen atoms in total. The van der Waals surface area contributed by atoms with Crippen LogP contribution in [-0.4, -0.2) is 17.1 Å². The van der Waals surface area contributed by atoms with E-state index in [9.17, 15) is 9.59 Å². The molecule has 1 fully saturated rings. The van der Waals surface area contributed by atoms with Crippen LogP contribution in [0.1, 0.15) is 48.0 Å². The Hall–Kier alpha value is -3.44. The summed E-state index contributed by atoms with van der Waals surface area (Å²) < 4.78 is 5.76. The third kappa shape index (κ3) is 4.37. The number of carbonyl (C=O) groups is 2. The topological polar surface area (TPSA) is 75.6 Å². The lowest BCUT2D eigenvalue weighted by Crippen LogP contribution is -2.41. The van der Waals surface area contributed by atoms with Gasteiger partial charge in [-0.1, -0.05) is 73.9 Å². The van der Waals surface area contributed by atoms with Crippen LogP contribution in [0.2, 0.25) is 0 Å². The SMILES string of the molecule is O=C(NO)c1ccc(OC(=O)C2(c3ccc(-c4ccccc4)cc3)CCCCC2)cc1. The highest BCUT2D eigenvalue weighted by Crippen LogP contribution is 2.41. The number of nitrogens with one attached hydrogen (secondary N) is 1. The van der Waals surface area contributed by atoms with E-state index in [0.717, 1.165) is 48.8 Å². The average Bonchev–Trinajstić information content (AvgIpc) is 2.85. The van der Waals surface area contributed by atoms with Gasteiger partial charge in [0.15, 0.2) is 0 Å². The minimum absolute atomic E-state index is 0.265. The first-order valence-corrected chi connectivity index (χ1v) is 10.6. The average molecular weight is 415 g/mol. The van der Waals surface area contributed by atoms with E-state index in [2.05, 4.69) is 24.3 Å². The highest BCUT2D eigenvalue weighted by molar-refractivity contribution is 5.93. The Bertz CT molecular complexity index is 1040. The number of amides is 1. The summed E-state index contributed by atoms with van der Waals surface area (Å²) in [6.45, 7) is 0. The maximum absolute atomic E-state index is 13.4. The van der Waals surface area contributed by atoms with Crippen LogP contribution in [0, 0.1) is 0 Å². The van der Waals surface area contributed by atoms with Gasteiger partial charge < -0.3 is 4.74 Å². The second-order valence-corrected chi connectivity index (χ2v) is 7.94. The molecule has 1 saturated carbocycles. The Balaban J connectivity index is 1.58. The monoisotopic (exact) mass is 415 g/mol. The minimum atomic E-state index is -0.672. The molecule has 0 atom stereocenters. The molecule has 31 heavy (non-hydrogen) atoms. The molecule has 0 saturated heterocycles. The molecule has 1 amide bonds. The smallest absolute Gasteiger partial charge is 0.321 e. The fourth-order valence-electron chi connectivity index (χ4n) is 4.32. The lowest BCUT2D eigenvalue weighted by Gasteiger charge is -2.35. The quantitative estimate of drug-likeness (QED) is 0.257. The van der Waals surface area contributed by atoms with Gasteiger partial charge in [-0.25, -0.2) is 5.48 Å². The molecule has 0 heterocycles. The Morgan fingerprint density at radius 3 is 2.00 bits per heavy atom. The van der Waals surface area contributed by atoms with Gasteiger partial charge in [-0.05, 0) is 53.8 Å². The molecular weight excluding hydrogens is 390 g/mol. The van der Waals surface area contributed by atoms with Gasteiger partial charge in [0, 0.05) is 5.56 Å². The first kappa shape index (κ1) is 20.8. The van der Waals surface area contributed by atoms with E-state index in [0.29, 0.717) is 5.75 Å². The van der Waals surface area contributed by atoms with E-state index in [1.165, 1.54) is 12.1 Å². The Labute approximate surface area is 181 Å². The molecule has 0 bridgehead atoms. The predicted molar refractivity (Wildman–Crippen MR) is 118 cm³/mol. The molecular formula is C26H25NO4. The van der Waals surface area contributed by atoms with Crippen molar-refractivity contribution in [3.05, 3.63) is 90.0 Å². The van der Waals surface area contributed by atoms with E-state index in [4.69, 9.17) is 9.94 Å². The van der Waals surface area contributed by atoms with Gasteiger partial charge in [0.2, 0.25) is 0 Å². The van der Waals surface area contributed by atoms with Crippen molar-refractivity contribution in [2.45, 2.75) is 37.5 Å². The molecule has 0 aliphatic heterocycles. The normalized spacial score (nSPS) is 15.1. The van der Waals surface area contributed by atoms with Crippen LogP contribution in [0.3, 0.4) is 0 Å². The summed E-state index contributed by atoms with van der Waals surface area (Å²) in [4.78, 5) is 24.9. The lowest BCUT2D eigenvalue weighted by atomic mass is 9.69. The van der Waals surface area contributed by atoms with Crippen LogP contribution < -0.4 is 10.2 Å². The molecule has 0 aromatic heterocycles. The molecule has 158 valence electrons. The number of esters is 1. The lowest BCUT2D eigenvalue weighted by molar-refractivity contribution is -0.142.